The molecule has 0 aromatic heterocycles. The highest BCUT2D eigenvalue weighted by atomic mass is 35.5. The average Bonchev–Trinajstić information content (AvgIpc) is 2.76. The van der Waals surface area contributed by atoms with Crippen LogP contribution in [0, 0.1) is 5.82 Å². The van der Waals surface area contributed by atoms with Crippen LogP contribution < -0.4 is 15.4 Å². The zero-order chi connectivity index (χ0) is 24.2. The van der Waals surface area contributed by atoms with Crippen LogP contribution in [-0.4, -0.2) is 32.6 Å². The number of nitrogens with one attached hydrogen (secondary N) is 2. The van der Waals surface area contributed by atoms with Crippen LogP contribution in [0.15, 0.2) is 71.6 Å². The summed E-state index contributed by atoms with van der Waals surface area (Å²) < 4.78 is 41.9. The Hall–Kier alpha value is -3.43. The summed E-state index contributed by atoms with van der Waals surface area (Å²) in [7, 11) is -3.46. The van der Waals surface area contributed by atoms with Gasteiger partial charge in [-0.25, -0.2) is 12.8 Å². The molecule has 172 valence electrons. The number of hydrogen-bond acceptors (Lipinski definition) is 5. The Kier molecular flexibility index (Phi) is 7.35. The molecule has 1 atom stereocenters. The van der Waals surface area contributed by atoms with Crippen molar-refractivity contribution in [3.63, 3.8) is 0 Å². The SMILES string of the molecule is CC(Oc1ccc(F)cc1)C(=O)Nc1ccc(NC(=O)c2cccc(S(C)(=O)=O)c2)c(Cl)c1. The summed E-state index contributed by atoms with van der Waals surface area (Å²) in [5.41, 5.74) is 0.801. The van der Waals surface area contributed by atoms with E-state index in [1.807, 2.05) is 0 Å². The summed E-state index contributed by atoms with van der Waals surface area (Å²) >= 11 is 6.24. The van der Waals surface area contributed by atoms with Crippen LogP contribution in [0.2, 0.25) is 5.02 Å². The molecule has 0 saturated heterocycles. The third kappa shape index (κ3) is 6.53. The summed E-state index contributed by atoms with van der Waals surface area (Å²) in [6.07, 6.45) is 0.190. The van der Waals surface area contributed by atoms with E-state index >= 15 is 0 Å². The summed E-state index contributed by atoms with van der Waals surface area (Å²) in [5.74, 6) is -1.07. The van der Waals surface area contributed by atoms with Crippen LogP contribution in [0.3, 0.4) is 0 Å². The van der Waals surface area contributed by atoms with Crippen molar-refractivity contribution < 1.29 is 27.1 Å². The predicted molar refractivity (Wildman–Crippen MR) is 124 cm³/mol. The number of carbonyl (C=O) groups excluding carboxylic acids is 2. The second-order valence-electron chi connectivity index (χ2n) is 7.15. The van der Waals surface area contributed by atoms with E-state index in [9.17, 15) is 22.4 Å². The first-order valence-corrected chi connectivity index (χ1v) is 11.9. The minimum Gasteiger partial charge on any atom is -0.481 e. The van der Waals surface area contributed by atoms with Crippen LogP contribution in [0.5, 0.6) is 5.75 Å². The molecular weight excluding hydrogens is 471 g/mol. The lowest BCUT2D eigenvalue weighted by Gasteiger charge is -2.15. The topological polar surface area (TPSA) is 102 Å². The zero-order valence-corrected chi connectivity index (χ0v) is 19.2. The lowest BCUT2D eigenvalue weighted by atomic mass is 10.2. The quantitative estimate of drug-likeness (QED) is 0.506. The third-order valence-corrected chi connectivity index (χ3v) is 5.93. The van der Waals surface area contributed by atoms with Gasteiger partial charge in [0.25, 0.3) is 11.8 Å². The summed E-state index contributed by atoms with van der Waals surface area (Å²) in [5, 5.41) is 5.42. The lowest BCUT2D eigenvalue weighted by molar-refractivity contribution is -0.122. The molecule has 0 heterocycles. The maximum absolute atomic E-state index is 13.0. The Balaban J connectivity index is 1.65. The summed E-state index contributed by atoms with van der Waals surface area (Å²) in [4.78, 5) is 24.9. The van der Waals surface area contributed by atoms with Gasteiger partial charge in [-0.2, -0.15) is 0 Å². The average molecular weight is 491 g/mol. The van der Waals surface area contributed by atoms with Crippen molar-refractivity contribution in [1.82, 2.24) is 0 Å². The van der Waals surface area contributed by atoms with Gasteiger partial charge in [-0.05, 0) is 67.6 Å². The molecule has 3 rings (SSSR count). The molecular formula is C23H20ClFN2O5S. The Morgan fingerprint density at radius 3 is 2.33 bits per heavy atom. The number of sulfone groups is 1. The highest BCUT2D eigenvalue weighted by Crippen LogP contribution is 2.26. The Bertz CT molecular complexity index is 1300. The maximum Gasteiger partial charge on any atom is 0.265 e. The highest BCUT2D eigenvalue weighted by Gasteiger charge is 2.17. The largest absolute Gasteiger partial charge is 0.481 e. The number of benzene rings is 3. The van der Waals surface area contributed by atoms with Crippen molar-refractivity contribution in [3.05, 3.63) is 83.1 Å². The minimum absolute atomic E-state index is 0.0243. The fourth-order valence-electron chi connectivity index (χ4n) is 2.77. The number of carbonyl (C=O) groups is 2. The molecule has 3 aromatic rings. The molecule has 2 N–H and O–H groups in total. The standard InChI is InChI=1S/C23H20ClFN2O5S/c1-14(32-18-9-6-16(25)7-10-18)22(28)26-17-8-11-21(20(24)13-17)27-23(29)15-4-3-5-19(12-15)33(2,30)31/h3-14H,1-2H3,(H,26,28)(H,27,29). The molecule has 0 saturated carbocycles. The van der Waals surface area contributed by atoms with Gasteiger partial charge in [0.1, 0.15) is 11.6 Å². The molecule has 3 aromatic carbocycles. The van der Waals surface area contributed by atoms with E-state index in [0.29, 0.717) is 11.4 Å². The van der Waals surface area contributed by atoms with E-state index in [-0.39, 0.29) is 21.2 Å². The van der Waals surface area contributed by atoms with Gasteiger partial charge >= 0.3 is 0 Å². The van der Waals surface area contributed by atoms with E-state index in [1.165, 1.54) is 66.7 Å². The second-order valence-corrected chi connectivity index (χ2v) is 9.57. The van der Waals surface area contributed by atoms with Gasteiger partial charge < -0.3 is 15.4 Å². The first-order valence-electron chi connectivity index (χ1n) is 9.67. The van der Waals surface area contributed by atoms with Crippen molar-refractivity contribution in [1.29, 1.82) is 0 Å². The van der Waals surface area contributed by atoms with Gasteiger partial charge in [-0.1, -0.05) is 17.7 Å². The van der Waals surface area contributed by atoms with Crippen molar-refractivity contribution >= 4 is 44.6 Å². The minimum atomic E-state index is -3.46. The van der Waals surface area contributed by atoms with Gasteiger partial charge in [-0.15, -0.1) is 0 Å². The number of hydrogen-bond donors (Lipinski definition) is 2. The molecule has 0 radical (unpaired) electrons. The molecule has 0 fully saturated rings. The molecule has 0 aliphatic heterocycles. The molecule has 10 heteroatoms. The first-order chi connectivity index (χ1) is 15.5. The fourth-order valence-corrected chi connectivity index (χ4v) is 3.67. The molecule has 0 bridgehead atoms. The Labute approximate surface area is 195 Å². The van der Waals surface area contributed by atoms with Crippen LogP contribution in [0.25, 0.3) is 0 Å². The Morgan fingerprint density at radius 2 is 1.70 bits per heavy atom. The van der Waals surface area contributed by atoms with E-state index in [0.717, 1.165) is 6.26 Å². The van der Waals surface area contributed by atoms with Crippen molar-refractivity contribution in [2.75, 3.05) is 16.9 Å². The molecule has 0 spiro atoms. The van der Waals surface area contributed by atoms with Gasteiger partial charge in [-0.3, -0.25) is 9.59 Å². The highest BCUT2D eigenvalue weighted by molar-refractivity contribution is 7.90. The van der Waals surface area contributed by atoms with Crippen LogP contribution in [-0.2, 0) is 14.6 Å². The smallest absolute Gasteiger partial charge is 0.265 e. The Morgan fingerprint density at radius 1 is 1.00 bits per heavy atom. The predicted octanol–water partition coefficient (Wildman–Crippen LogP) is 4.54. The molecule has 2 amide bonds. The van der Waals surface area contributed by atoms with Gasteiger partial charge in [0.2, 0.25) is 0 Å². The second kappa shape index (κ2) is 10.0. The monoisotopic (exact) mass is 490 g/mol. The third-order valence-electron chi connectivity index (χ3n) is 4.50. The van der Waals surface area contributed by atoms with Crippen molar-refractivity contribution in [2.45, 2.75) is 17.9 Å². The van der Waals surface area contributed by atoms with Gasteiger partial charge in [0.05, 0.1) is 15.6 Å². The number of amides is 2. The number of halogens is 2. The summed E-state index contributed by atoms with van der Waals surface area (Å²) in [6.45, 7) is 1.54. The number of ether oxygens (including phenoxy) is 1. The molecule has 7 nitrogen and oxygen atoms in total. The molecule has 0 aliphatic rings. The van der Waals surface area contributed by atoms with Gasteiger partial charge in [0.15, 0.2) is 15.9 Å². The maximum atomic E-state index is 13.0. The molecule has 33 heavy (non-hydrogen) atoms. The summed E-state index contributed by atoms with van der Waals surface area (Å²) in [6, 6.07) is 15.4. The zero-order valence-electron chi connectivity index (χ0n) is 17.6. The lowest BCUT2D eigenvalue weighted by Crippen LogP contribution is -2.30. The number of anilines is 2. The van der Waals surface area contributed by atoms with Crippen molar-refractivity contribution in [3.8, 4) is 5.75 Å². The first kappa shape index (κ1) is 24.2. The number of rotatable bonds is 7. The van der Waals surface area contributed by atoms with Crippen LogP contribution in [0.1, 0.15) is 17.3 Å². The molecule has 1 unspecified atom stereocenters. The van der Waals surface area contributed by atoms with E-state index in [4.69, 9.17) is 16.3 Å². The van der Waals surface area contributed by atoms with Gasteiger partial charge in [0, 0.05) is 17.5 Å². The van der Waals surface area contributed by atoms with E-state index < -0.39 is 33.6 Å². The van der Waals surface area contributed by atoms with E-state index in [1.54, 1.807) is 6.92 Å². The fraction of sp³-hybridized carbons (Fsp3) is 0.130. The molecule has 0 aliphatic carbocycles. The van der Waals surface area contributed by atoms with Crippen molar-refractivity contribution in [2.24, 2.45) is 0 Å². The normalized spacial score (nSPS) is 12.0. The van der Waals surface area contributed by atoms with E-state index in [2.05, 4.69) is 10.6 Å². The van der Waals surface area contributed by atoms with Crippen LogP contribution in [0.4, 0.5) is 15.8 Å². The van der Waals surface area contributed by atoms with Crippen LogP contribution >= 0.6 is 11.6 Å².